The maximum absolute atomic E-state index is 6.51. The Bertz CT molecular complexity index is 2810. The highest BCUT2D eigenvalue weighted by atomic mass is 16.3. The number of benzene rings is 8. The second-order valence-electron chi connectivity index (χ2n) is 15.7. The van der Waals surface area contributed by atoms with Crippen molar-refractivity contribution < 1.29 is 4.42 Å². The smallest absolute Gasteiger partial charge is 0.137 e. The van der Waals surface area contributed by atoms with Crippen LogP contribution in [0.25, 0.3) is 43.8 Å². The molecule has 3 heteroatoms. The van der Waals surface area contributed by atoms with E-state index in [0.717, 1.165) is 67.2 Å². The minimum atomic E-state index is -0.164. The SMILES string of the molecule is Cc1ccc(N(c2ccc3ccccc3c2)c2cc(C(C)(C)C)cc(N(c3ccc(C)cc3)c3ccc4c(c3)oc3ccccc34)c2-c2ccccc2)cc1. The van der Waals surface area contributed by atoms with Gasteiger partial charge < -0.3 is 14.2 Å². The average Bonchev–Trinajstić information content (AvgIpc) is 3.57. The summed E-state index contributed by atoms with van der Waals surface area (Å²) >= 11 is 0. The fourth-order valence-corrected chi connectivity index (χ4v) is 7.71. The van der Waals surface area contributed by atoms with Crippen LogP contribution < -0.4 is 9.80 Å². The van der Waals surface area contributed by atoms with Gasteiger partial charge in [0.15, 0.2) is 0 Å². The first-order valence-corrected chi connectivity index (χ1v) is 19.1. The minimum absolute atomic E-state index is 0.164. The van der Waals surface area contributed by atoms with Gasteiger partial charge in [0.05, 0.1) is 11.4 Å². The summed E-state index contributed by atoms with van der Waals surface area (Å²) in [6.45, 7) is 11.2. The molecule has 0 fully saturated rings. The van der Waals surface area contributed by atoms with Crippen molar-refractivity contribution in [3.63, 3.8) is 0 Å². The van der Waals surface area contributed by atoms with Gasteiger partial charge in [0.1, 0.15) is 11.2 Å². The van der Waals surface area contributed by atoms with Crippen LogP contribution in [0.2, 0.25) is 0 Å². The molecule has 0 aliphatic heterocycles. The molecule has 0 bridgehead atoms. The normalized spacial score (nSPS) is 11.7. The van der Waals surface area contributed by atoms with Crippen LogP contribution >= 0.6 is 0 Å². The highest BCUT2D eigenvalue weighted by molar-refractivity contribution is 6.07. The van der Waals surface area contributed by atoms with Crippen LogP contribution in [-0.4, -0.2) is 0 Å². The molecule has 0 saturated heterocycles. The highest BCUT2D eigenvalue weighted by Crippen LogP contribution is 2.51. The Morgan fingerprint density at radius 2 is 0.927 bits per heavy atom. The van der Waals surface area contributed by atoms with Crippen LogP contribution in [0.3, 0.4) is 0 Å². The van der Waals surface area contributed by atoms with Gasteiger partial charge in [-0.15, -0.1) is 0 Å². The summed E-state index contributed by atoms with van der Waals surface area (Å²) in [6, 6.07) is 63.8. The monoisotopic (exact) mass is 712 g/mol. The van der Waals surface area contributed by atoms with Crippen LogP contribution in [0, 0.1) is 13.8 Å². The third-order valence-electron chi connectivity index (χ3n) is 10.7. The van der Waals surface area contributed by atoms with Gasteiger partial charge in [0.2, 0.25) is 0 Å². The van der Waals surface area contributed by atoms with Crippen molar-refractivity contribution in [3.8, 4) is 11.1 Å². The maximum atomic E-state index is 6.51. The van der Waals surface area contributed by atoms with Crippen molar-refractivity contribution in [1.82, 2.24) is 0 Å². The van der Waals surface area contributed by atoms with Crippen LogP contribution in [0.15, 0.2) is 180 Å². The zero-order valence-electron chi connectivity index (χ0n) is 32.0. The Morgan fingerprint density at radius 3 is 1.56 bits per heavy atom. The number of rotatable bonds is 7. The molecule has 0 amide bonds. The topological polar surface area (TPSA) is 19.6 Å². The summed E-state index contributed by atoms with van der Waals surface area (Å²) in [5.74, 6) is 0. The predicted molar refractivity (Wildman–Crippen MR) is 234 cm³/mol. The first kappa shape index (κ1) is 34.2. The van der Waals surface area contributed by atoms with E-state index < -0.39 is 0 Å². The molecule has 0 spiro atoms. The Morgan fingerprint density at radius 1 is 0.418 bits per heavy atom. The van der Waals surface area contributed by atoms with E-state index in [0.29, 0.717) is 0 Å². The zero-order valence-corrected chi connectivity index (χ0v) is 32.0. The largest absolute Gasteiger partial charge is 0.456 e. The minimum Gasteiger partial charge on any atom is -0.456 e. The number of nitrogens with zero attached hydrogens (tertiary/aromatic N) is 2. The molecule has 9 aromatic rings. The molecule has 268 valence electrons. The summed E-state index contributed by atoms with van der Waals surface area (Å²) in [6.07, 6.45) is 0. The number of fused-ring (bicyclic) bond motifs is 4. The van der Waals surface area contributed by atoms with E-state index in [1.54, 1.807) is 0 Å². The molecule has 0 atom stereocenters. The quantitative estimate of drug-likeness (QED) is 0.164. The number of hydrogen-bond acceptors (Lipinski definition) is 3. The van der Waals surface area contributed by atoms with Gasteiger partial charge in [-0.25, -0.2) is 0 Å². The van der Waals surface area contributed by atoms with Gasteiger partial charge in [-0.3, -0.25) is 0 Å². The first-order chi connectivity index (χ1) is 26.7. The van der Waals surface area contributed by atoms with Crippen molar-refractivity contribution in [2.75, 3.05) is 9.80 Å². The summed E-state index contributed by atoms with van der Waals surface area (Å²) in [5, 5.41) is 4.65. The van der Waals surface area contributed by atoms with E-state index in [4.69, 9.17) is 4.42 Å². The lowest BCUT2D eigenvalue weighted by Gasteiger charge is -2.35. The molecule has 9 rings (SSSR count). The first-order valence-electron chi connectivity index (χ1n) is 19.1. The average molecular weight is 713 g/mol. The molecular weight excluding hydrogens is 669 g/mol. The lowest BCUT2D eigenvalue weighted by molar-refractivity contribution is 0.590. The predicted octanol–water partition coefficient (Wildman–Crippen LogP) is 15.3. The van der Waals surface area contributed by atoms with E-state index in [2.05, 4.69) is 208 Å². The molecule has 55 heavy (non-hydrogen) atoms. The summed E-state index contributed by atoms with van der Waals surface area (Å²) in [7, 11) is 0. The van der Waals surface area contributed by atoms with Crippen molar-refractivity contribution in [2.24, 2.45) is 0 Å². The number of para-hydroxylation sites is 1. The van der Waals surface area contributed by atoms with Gasteiger partial charge in [-0.2, -0.15) is 0 Å². The van der Waals surface area contributed by atoms with Crippen molar-refractivity contribution in [2.45, 2.75) is 40.0 Å². The summed E-state index contributed by atoms with van der Waals surface area (Å²) < 4.78 is 6.51. The molecule has 0 aliphatic carbocycles. The fraction of sp³-hybridized carbons (Fsp3) is 0.115. The van der Waals surface area contributed by atoms with E-state index in [9.17, 15) is 0 Å². The molecule has 8 aromatic carbocycles. The van der Waals surface area contributed by atoms with Gasteiger partial charge in [0.25, 0.3) is 0 Å². The molecule has 0 saturated carbocycles. The fourth-order valence-electron chi connectivity index (χ4n) is 7.71. The Balaban J connectivity index is 1.40. The standard InChI is InChI=1S/C52H44N2O/c1-35-19-24-41(25-20-35)53(43-28-23-37-13-9-10-16-39(37)31-43)47-32-40(52(3,4)5)33-48(51(47)38-14-7-6-8-15-38)54(42-26-21-36(2)22-27-42)44-29-30-46-45-17-11-12-18-49(45)55-50(46)34-44/h6-34H,1-5H3. The lowest BCUT2D eigenvalue weighted by Crippen LogP contribution is -2.19. The highest BCUT2D eigenvalue weighted by Gasteiger charge is 2.28. The van der Waals surface area contributed by atoms with E-state index in [1.165, 1.54) is 27.5 Å². The maximum Gasteiger partial charge on any atom is 0.137 e. The molecule has 0 N–H and O–H groups in total. The van der Waals surface area contributed by atoms with Crippen LogP contribution in [0.5, 0.6) is 0 Å². The third-order valence-corrected chi connectivity index (χ3v) is 10.7. The second-order valence-corrected chi connectivity index (χ2v) is 15.7. The zero-order chi connectivity index (χ0) is 37.7. The second kappa shape index (κ2) is 13.7. The van der Waals surface area contributed by atoms with Gasteiger partial charge in [-0.05, 0) is 108 Å². The van der Waals surface area contributed by atoms with E-state index in [-0.39, 0.29) is 5.41 Å². The molecule has 1 aromatic heterocycles. The van der Waals surface area contributed by atoms with Crippen molar-refractivity contribution in [1.29, 1.82) is 0 Å². The number of anilines is 6. The van der Waals surface area contributed by atoms with Crippen LogP contribution in [-0.2, 0) is 5.41 Å². The van der Waals surface area contributed by atoms with Gasteiger partial charge in [0, 0.05) is 45.2 Å². The van der Waals surface area contributed by atoms with Crippen LogP contribution in [0.4, 0.5) is 34.1 Å². The van der Waals surface area contributed by atoms with E-state index >= 15 is 0 Å². The van der Waals surface area contributed by atoms with Crippen molar-refractivity contribution >= 4 is 66.8 Å². The molecule has 0 unspecified atom stereocenters. The van der Waals surface area contributed by atoms with Gasteiger partial charge >= 0.3 is 0 Å². The number of aryl methyl sites for hydroxylation is 2. The molecule has 3 nitrogen and oxygen atoms in total. The van der Waals surface area contributed by atoms with Gasteiger partial charge in [-0.1, -0.05) is 135 Å². The number of furan rings is 1. The number of hydrogen-bond donors (Lipinski definition) is 0. The summed E-state index contributed by atoms with van der Waals surface area (Å²) in [5.41, 5.74) is 14.0. The Kier molecular flexibility index (Phi) is 8.51. The van der Waals surface area contributed by atoms with Crippen LogP contribution in [0.1, 0.15) is 37.5 Å². The molecule has 0 aliphatic rings. The Labute approximate surface area is 323 Å². The molecule has 0 radical (unpaired) electrons. The molecule has 1 heterocycles. The van der Waals surface area contributed by atoms with Crippen molar-refractivity contribution in [3.05, 3.63) is 193 Å². The third kappa shape index (κ3) is 6.42. The lowest BCUT2D eigenvalue weighted by atomic mass is 9.84. The Hall–Kier alpha value is -6.58. The van der Waals surface area contributed by atoms with E-state index in [1.807, 2.05) is 12.1 Å². The molecular formula is C52H44N2O. The summed E-state index contributed by atoms with van der Waals surface area (Å²) in [4.78, 5) is 4.86.